The van der Waals surface area contributed by atoms with Crippen LogP contribution in [0.1, 0.15) is 207 Å². The summed E-state index contributed by atoms with van der Waals surface area (Å²) in [5.41, 5.74) is 0. The Hall–Kier alpha value is -0.0800. The van der Waals surface area contributed by atoms with E-state index in [1.807, 2.05) is 0 Å². The molecule has 0 aromatic rings. The van der Waals surface area contributed by atoms with Crippen molar-refractivity contribution in [1.29, 1.82) is 0 Å². The molecular formula is C36H73NO. The summed E-state index contributed by atoms with van der Waals surface area (Å²) in [5, 5.41) is 4.05. The minimum atomic E-state index is 0.431. The SMILES string of the molecule is CCCCCCCCCCC(C)NC(CCCCC)CCCCC(C)OC1CCCCCCCCCCC1. The molecule has 1 aliphatic carbocycles. The largest absolute Gasteiger partial charge is 0.375 e. The Labute approximate surface area is 241 Å². The molecule has 0 aromatic carbocycles. The molecule has 0 radical (unpaired) electrons. The predicted octanol–water partition coefficient (Wildman–Crippen LogP) is 12.1. The van der Waals surface area contributed by atoms with Crippen LogP contribution in [0, 0.1) is 0 Å². The molecule has 228 valence electrons. The van der Waals surface area contributed by atoms with Crippen molar-refractivity contribution in [2.75, 3.05) is 0 Å². The van der Waals surface area contributed by atoms with Crippen LogP contribution in [0.15, 0.2) is 0 Å². The van der Waals surface area contributed by atoms with Gasteiger partial charge in [0.15, 0.2) is 0 Å². The van der Waals surface area contributed by atoms with E-state index in [2.05, 4.69) is 33.0 Å². The van der Waals surface area contributed by atoms with Crippen molar-refractivity contribution < 1.29 is 4.74 Å². The van der Waals surface area contributed by atoms with Crippen LogP contribution in [-0.4, -0.2) is 24.3 Å². The van der Waals surface area contributed by atoms with Gasteiger partial charge in [-0.2, -0.15) is 0 Å². The quantitative estimate of drug-likeness (QED) is 0.139. The maximum absolute atomic E-state index is 6.62. The lowest BCUT2D eigenvalue weighted by molar-refractivity contribution is -0.0182. The Morgan fingerprint density at radius 1 is 0.526 bits per heavy atom. The van der Waals surface area contributed by atoms with Gasteiger partial charge in [0, 0.05) is 12.1 Å². The second-order valence-corrected chi connectivity index (χ2v) is 13.1. The van der Waals surface area contributed by atoms with E-state index in [-0.39, 0.29) is 0 Å². The van der Waals surface area contributed by atoms with E-state index in [0.29, 0.717) is 24.3 Å². The summed E-state index contributed by atoms with van der Waals surface area (Å²) in [5.74, 6) is 0. The van der Waals surface area contributed by atoms with Crippen molar-refractivity contribution in [1.82, 2.24) is 5.32 Å². The van der Waals surface area contributed by atoms with Crippen molar-refractivity contribution in [3.8, 4) is 0 Å². The minimum absolute atomic E-state index is 0.431. The van der Waals surface area contributed by atoms with E-state index in [1.54, 1.807) is 0 Å². The van der Waals surface area contributed by atoms with Crippen LogP contribution in [0.4, 0.5) is 0 Å². The van der Waals surface area contributed by atoms with E-state index >= 15 is 0 Å². The molecule has 3 atom stereocenters. The summed E-state index contributed by atoms with van der Waals surface area (Å²) >= 11 is 0. The molecular weight excluding hydrogens is 462 g/mol. The molecule has 0 amide bonds. The van der Waals surface area contributed by atoms with Crippen molar-refractivity contribution in [3.05, 3.63) is 0 Å². The second-order valence-electron chi connectivity index (χ2n) is 13.1. The van der Waals surface area contributed by atoms with Gasteiger partial charge in [0.2, 0.25) is 0 Å². The third kappa shape index (κ3) is 22.7. The zero-order valence-corrected chi connectivity index (χ0v) is 27.0. The fraction of sp³-hybridized carbons (Fsp3) is 1.00. The molecule has 38 heavy (non-hydrogen) atoms. The average Bonchev–Trinajstić information content (AvgIpc) is 2.89. The van der Waals surface area contributed by atoms with Gasteiger partial charge in [0.25, 0.3) is 0 Å². The molecule has 1 N–H and O–H groups in total. The molecule has 1 saturated carbocycles. The van der Waals surface area contributed by atoms with Crippen LogP contribution in [0.3, 0.4) is 0 Å². The van der Waals surface area contributed by atoms with Crippen LogP contribution in [0.25, 0.3) is 0 Å². The molecule has 0 saturated heterocycles. The van der Waals surface area contributed by atoms with Crippen LogP contribution in [-0.2, 0) is 4.74 Å². The average molecular weight is 536 g/mol. The second kappa shape index (κ2) is 27.1. The first-order valence-corrected chi connectivity index (χ1v) is 18.1. The summed E-state index contributed by atoms with van der Waals surface area (Å²) in [7, 11) is 0. The minimum Gasteiger partial charge on any atom is -0.375 e. The van der Waals surface area contributed by atoms with Gasteiger partial charge in [-0.1, -0.05) is 155 Å². The Morgan fingerprint density at radius 2 is 0.947 bits per heavy atom. The molecule has 0 aromatic heterocycles. The highest BCUT2D eigenvalue weighted by atomic mass is 16.5. The fourth-order valence-corrected chi connectivity index (χ4v) is 6.50. The van der Waals surface area contributed by atoms with Gasteiger partial charge in [-0.3, -0.25) is 0 Å². The van der Waals surface area contributed by atoms with Crippen LogP contribution in [0.2, 0.25) is 0 Å². The zero-order valence-electron chi connectivity index (χ0n) is 27.0. The van der Waals surface area contributed by atoms with E-state index in [4.69, 9.17) is 4.74 Å². The number of rotatable bonds is 22. The number of hydrogen-bond donors (Lipinski definition) is 1. The summed E-state index contributed by atoms with van der Waals surface area (Å²) in [6.07, 6.45) is 39.9. The first-order chi connectivity index (χ1) is 18.7. The highest BCUT2D eigenvalue weighted by Gasteiger charge is 2.15. The van der Waals surface area contributed by atoms with Gasteiger partial charge < -0.3 is 10.1 Å². The maximum Gasteiger partial charge on any atom is 0.0578 e. The van der Waals surface area contributed by atoms with Crippen molar-refractivity contribution in [2.24, 2.45) is 0 Å². The van der Waals surface area contributed by atoms with Gasteiger partial charge in [0.1, 0.15) is 0 Å². The Bertz CT molecular complexity index is 454. The van der Waals surface area contributed by atoms with Gasteiger partial charge >= 0.3 is 0 Å². The summed E-state index contributed by atoms with van der Waals surface area (Å²) in [6.45, 7) is 9.42. The fourth-order valence-electron chi connectivity index (χ4n) is 6.50. The smallest absolute Gasteiger partial charge is 0.0578 e. The Kier molecular flexibility index (Phi) is 25.6. The molecule has 3 unspecified atom stereocenters. The van der Waals surface area contributed by atoms with E-state index < -0.39 is 0 Å². The molecule has 0 aliphatic heterocycles. The van der Waals surface area contributed by atoms with Crippen molar-refractivity contribution in [3.63, 3.8) is 0 Å². The Balaban J connectivity index is 2.25. The molecule has 0 heterocycles. The maximum atomic E-state index is 6.62. The van der Waals surface area contributed by atoms with Gasteiger partial charge in [-0.15, -0.1) is 0 Å². The van der Waals surface area contributed by atoms with Crippen LogP contribution < -0.4 is 5.32 Å². The lowest BCUT2D eigenvalue weighted by atomic mass is 9.98. The zero-order chi connectivity index (χ0) is 27.5. The molecule has 2 nitrogen and oxygen atoms in total. The molecule has 2 heteroatoms. The molecule has 0 bridgehead atoms. The topological polar surface area (TPSA) is 21.3 Å². The third-order valence-electron chi connectivity index (χ3n) is 9.06. The molecule has 0 spiro atoms. The monoisotopic (exact) mass is 536 g/mol. The lowest BCUT2D eigenvalue weighted by Crippen LogP contribution is -2.36. The van der Waals surface area contributed by atoms with Gasteiger partial charge in [0.05, 0.1) is 12.2 Å². The van der Waals surface area contributed by atoms with Crippen molar-refractivity contribution in [2.45, 2.75) is 232 Å². The van der Waals surface area contributed by atoms with Gasteiger partial charge in [-0.25, -0.2) is 0 Å². The van der Waals surface area contributed by atoms with E-state index in [0.717, 1.165) is 0 Å². The normalized spacial score (nSPS) is 18.9. The number of hydrogen-bond acceptors (Lipinski definition) is 2. The molecule has 1 fully saturated rings. The van der Waals surface area contributed by atoms with Gasteiger partial charge in [-0.05, 0) is 52.4 Å². The molecule has 1 rings (SSSR count). The summed E-state index contributed by atoms with van der Waals surface area (Å²) in [6, 6.07) is 1.39. The van der Waals surface area contributed by atoms with E-state index in [1.165, 1.54) is 180 Å². The number of unbranched alkanes of at least 4 members (excludes halogenated alkanes) is 10. The molecule has 1 aliphatic rings. The summed E-state index contributed by atoms with van der Waals surface area (Å²) in [4.78, 5) is 0. The lowest BCUT2D eigenvalue weighted by Gasteiger charge is -2.25. The predicted molar refractivity (Wildman–Crippen MR) is 171 cm³/mol. The Morgan fingerprint density at radius 3 is 1.53 bits per heavy atom. The highest BCUT2D eigenvalue weighted by molar-refractivity contribution is 4.73. The first-order valence-electron chi connectivity index (χ1n) is 18.1. The van der Waals surface area contributed by atoms with Crippen molar-refractivity contribution >= 4 is 0 Å². The third-order valence-corrected chi connectivity index (χ3v) is 9.06. The number of ether oxygens (including phenoxy) is 1. The first kappa shape index (κ1) is 35.9. The van der Waals surface area contributed by atoms with E-state index in [9.17, 15) is 0 Å². The van der Waals surface area contributed by atoms with Crippen LogP contribution >= 0.6 is 0 Å². The highest BCUT2D eigenvalue weighted by Crippen LogP contribution is 2.22. The number of nitrogens with one attached hydrogen (secondary N) is 1. The van der Waals surface area contributed by atoms with Crippen LogP contribution in [0.5, 0.6) is 0 Å². The summed E-state index contributed by atoms with van der Waals surface area (Å²) < 4.78 is 6.62. The standard InChI is InChI=1S/C36H73NO/c1-5-7-9-10-11-15-18-22-27-33(3)37-35(29-21-8-6-2)30-26-25-28-34(4)38-36-31-23-19-16-13-12-14-17-20-24-32-36/h33-37H,5-32H2,1-4H3.